The van der Waals surface area contributed by atoms with E-state index in [-0.39, 0.29) is 38.1 Å². The molecule has 1 aromatic carbocycles. The van der Waals surface area contributed by atoms with Crippen LogP contribution < -0.4 is 15.8 Å². The van der Waals surface area contributed by atoms with E-state index in [9.17, 15) is 27.2 Å². The Kier molecular flexibility index (Phi) is 8.90. The van der Waals surface area contributed by atoms with Crippen molar-refractivity contribution < 1.29 is 32.2 Å². The third-order valence-electron chi connectivity index (χ3n) is 7.30. The van der Waals surface area contributed by atoms with E-state index < -0.39 is 37.3 Å². The number of carboxylic acid groups (broad SMARTS) is 1. The van der Waals surface area contributed by atoms with Crippen molar-refractivity contribution >= 4 is 19.9 Å². The van der Waals surface area contributed by atoms with E-state index in [1.165, 1.54) is 15.9 Å². The van der Waals surface area contributed by atoms with Crippen molar-refractivity contribution in [1.82, 2.24) is 20.0 Å². The van der Waals surface area contributed by atoms with E-state index in [0.717, 1.165) is 12.2 Å². The van der Waals surface area contributed by atoms with Crippen LogP contribution in [-0.2, 0) is 37.3 Å². The van der Waals surface area contributed by atoms with E-state index in [0.29, 0.717) is 53.9 Å². The number of nitrogens with one attached hydrogen (secondary N) is 1. The average Bonchev–Trinajstić information content (AvgIpc) is 3.27. The molecule has 0 aliphatic carbocycles. The van der Waals surface area contributed by atoms with Crippen LogP contribution in [0.2, 0.25) is 25.7 Å². The predicted molar refractivity (Wildman–Crippen MR) is 143 cm³/mol. The maximum absolute atomic E-state index is 14.9. The van der Waals surface area contributed by atoms with Crippen molar-refractivity contribution in [2.75, 3.05) is 24.6 Å². The highest BCUT2D eigenvalue weighted by Crippen LogP contribution is 2.37. The van der Waals surface area contributed by atoms with Crippen molar-refractivity contribution in [3.63, 3.8) is 0 Å². The van der Waals surface area contributed by atoms with Gasteiger partial charge in [-0.2, -0.15) is 18.3 Å². The number of likely N-dealkylation sites (tertiary alicyclic amines) is 1. The summed E-state index contributed by atoms with van der Waals surface area (Å²) in [5.41, 5.74) is -1.36. The Morgan fingerprint density at radius 3 is 2.42 bits per heavy atom. The van der Waals surface area contributed by atoms with Gasteiger partial charge < -0.3 is 25.0 Å². The van der Waals surface area contributed by atoms with Crippen molar-refractivity contribution in [3.8, 4) is 0 Å². The Balaban J connectivity index is 1.46. The minimum absolute atomic E-state index is 0.00847. The van der Waals surface area contributed by atoms with Crippen LogP contribution in [0.25, 0.3) is 0 Å². The van der Waals surface area contributed by atoms with Gasteiger partial charge in [0.15, 0.2) is 0 Å². The summed E-state index contributed by atoms with van der Waals surface area (Å²) in [5, 5.41) is 16.3. The molecule has 0 radical (unpaired) electrons. The average molecular weight is 586 g/mol. The lowest BCUT2D eigenvalue weighted by Crippen LogP contribution is -2.44. The Morgan fingerprint density at radius 2 is 1.82 bits per heavy atom. The third kappa shape index (κ3) is 7.20. The molecule has 40 heavy (non-hydrogen) atoms. The summed E-state index contributed by atoms with van der Waals surface area (Å²) in [6.45, 7) is 7.47. The monoisotopic (exact) mass is 585 g/mol. The van der Waals surface area contributed by atoms with Gasteiger partial charge in [-0.3, -0.25) is 4.79 Å². The van der Waals surface area contributed by atoms with E-state index in [1.807, 2.05) is 0 Å². The van der Waals surface area contributed by atoms with Crippen molar-refractivity contribution in [3.05, 3.63) is 56.8 Å². The van der Waals surface area contributed by atoms with Crippen LogP contribution >= 0.6 is 0 Å². The Labute approximate surface area is 230 Å². The van der Waals surface area contributed by atoms with Gasteiger partial charge in [-0.05, 0) is 42.1 Å². The maximum atomic E-state index is 14.9. The number of hydrogen-bond acceptors (Lipinski definition) is 6. The van der Waals surface area contributed by atoms with Crippen LogP contribution in [0.3, 0.4) is 0 Å². The molecule has 14 heteroatoms. The third-order valence-corrected chi connectivity index (χ3v) is 9.00. The minimum atomic E-state index is -4.92. The molecule has 4 rings (SSSR count). The van der Waals surface area contributed by atoms with Crippen molar-refractivity contribution in [1.29, 1.82) is 0 Å². The highest BCUT2D eigenvalue weighted by molar-refractivity contribution is 6.76. The van der Waals surface area contributed by atoms with Crippen molar-refractivity contribution in [2.24, 2.45) is 0 Å². The number of benzene rings is 1. The molecule has 0 atom stereocenters. The predicted octanol–water partition coefficient (Wildman–Crippen LogP) is 4.47. The standard InChI is InChI=1S/C26H35F4N5O4Si/c1-40(2,3)9-8-39-16-35-24(36)23(26(28,29)30)22(13-32-35)34-14-18-10-17(21(27)11-19(18)15-34)12-31-20-4-6-33(7-5-20)25(37)38/h10-11,13,20,31H,4-9,12,14-16H2,1-3H3,(H,37,38). The van der Waals surface area contributed by atoms with Crippen molar-refractivity contribution in [2.45, 2.75) is 77.1 Å². The number of amides is 1. The Hall–Kier alpha value is -2.97. The number of anilines is 1. The van der Waals surface area contributed by atoms with Gasteiger partial charge >= 0.3 is 12.3 Å². The Morgan fingerprint density at radius 1 is 1.18 bits per heavy atom. The second-order valence-corrected chi connectivity index (χ2v) is 17.2. The normalized spacial score (nSPS) is 16.5. The molecule has 1 amide bonds. The molecular formula is C26H35F4N5O4Si. The number of carbonyl (C=O) groups is 1. The molecule has 1 fully saturated rings. The fourth-order valence-corrected chi connectivity index (χ4v) is 5.67. The summed E-state index contributed by atoms with van der Waals surface area (Å²) in [7, 11) is -1.41. The van der Waals surface area contributed by atoms with Crippen LogP contribution in [-0.4, -0.2) is 59.7 Å². The van der Waals surface area contributed by atoms with Gasteiger partial charge in [0.1, 0.15) is 18.1 Å². The number of alkyl halides is 3. The molecule has 2 N–H and O–H groups in total. The van der Waals surface area contributed by atoms with Gasteiger partial charge in [0, 0.05) is 59.0 Å². The van der Waals surface area contributed by atoms with E-state index >= 15 is 0 Å². The van der Waals surface area contributed by atoms with Gasteiger partial charge in [0.05, 0.1) is 11.9 Å². The fraction of sp³-hybridized carbons (Fsp3) is 0.577. The first kappa shape index (κ1) is 30.0. The lowest BCUT2D eigenvalue weighted by molar-refractivity contribution is -0.138. The summed E-state index contributed by atoms with van der Waals surface area (Å²) in [4.78, 5) is 26.6. The number of ether oxygens (including phenoxy) is 1. The number of nitrogens with zero attached hydrogens (tertiary/aromatic N) is 4. The molecule has 1 saturated heterocycles. The fourth-order valence-electron chi connectivity index (χ4n) is 4.91. The maximum Gasteiger partial charge on any atom is 0.423 e. The van der Waals surface area contributed by atoms with E-state index in [2.05, 4.69) is 30.1 Å². The molecule has 2 aliphatic heterocycles. The highest BCUT2D eigenvalue weighted by Gasteiger charge is 2.40. The van der Waals surface area contributed by atoms with Crippen LogP contribution in [0.15, 0.2) is 23.1 Å². The van der Waals surface area contributed by atoms with Gasteiger partial charge in [0.2, 0.25) is 0 Å². The number of piperidine rings is 1. The quantitative estimate of drug-likeness (QED) is 0.255. The molecule has 1 aromatic heterocycles. The Bertz CT molecular complexity index is 1290. The second kappa shape index (κ2) is 11.9. The number of aromatic nitrogens is 2. The zero-order valence-corrected chi connectivity index (χ0v) is 23.9. The first-order chi connectivity index (χ1) is 18.7. The molecule has 9 nitrogen and oxygen atoms in total. The molecule has 2 aromatic rings. The first-order valence-corrected chi connectivity index (χ1v) is 16.9. The molecule has 0 unspecified atom stereocenters. The number of fused-ring (bicyclic) bond motifs is 1. The van der Waals surface area contributed by atoms with Crippen LogP contribution in [0.4, 0.5) is 28.0 Å². The summed E-state index contributed by atoms with van der Waals surface area (Å²) < 4.78 is 63.3. The lowest BCUT2D eigenvalue weighted by atomic mass is 10.0. The van der Waals surface area contributed by atoms with Crippen LogP contribution in [0.1, 0.15) is 35.1 Å². The summed E-state index contributed by atoms with van der Waals surface area (Å²) >= 11 is 0. The SMILES string of the molecule is C[Si](C)(C)CCOCn1ncc(N2Cc3cc(F)c(CNC4CCN(C(=O)O)CC4)cc3C2)c(C(F)(F)F)c1=O. The van der Waals surface area contributed by atoms with Gasteiger partial charge in [-0.25, -0.2) is 13.9 Å². The van der Waals surface area contributed by atoms with E-state index in [4.69, 9.17) is 9.84 Å². The molecular weight excluding hydrogens is 550 g/mol. The minimum Gasteiger partial charge on any atom is -0.465 e. The first-order valence-electron chi connectivity index (χ1n) is 13.2. The second-order valence-electron chi connectivity index (χ2n) is 11.5. The number of hydrogen-bond donors (Lipinski definition) is 2. The molecule has 3 heterocycles. The smallest absolute Gasteiger partial charge is 0.423 e. The largest absolute Gasteiger partial charge is 0.465 e. The zero-order valence-electron chi connectivity index (χ0n) is 22.9. The molecule has 0 saturated carbocycles. The lowest BCUT2D eigenvalue weighted by Gasteiger charge is -2.30. The zero-order chi connectivity index (χ0) is 29.2. The summed E-state index contributed by atoms with van der Waals surface area (Å²) in [6, 6.07) is 3.80. The van der Waals surface area contributed by atoms with Crippen LogP contribution in [0, 0.1) is 5.82 Å². The number of rotatable bonds is 9. The topological polar surface area (TPSA) is 99.9 Å². The van der Waals surface area contributed by atoms with Gasteiger partial charge in [-0.15, -0.1) is 0 Å². The molecule has 0 spiro atoms. The van der Waals surface area contributed by atoms with E-state index in [1.54, 1.807) is 6.07 Å². The number of halogens is 4. The highest BCUT2D eigenvalue weighted by atomic mass is 28.3. The molecule has 2 aliphatic rings. The summed E-state index contributed by atoms with van der Waals surface area (Å²) in [6.07, 6.45) is -3.63. The molecule has 0 bridgehead atoms. The van der Waals surface area contributed by atoms with Gasteiger partial charge in [0.25, 0.3) is 5.56 Å². The summed E-state index contributed by atoms with van der Waals surface area (Å²) in [5.74, 6) is -0.476. The molecule has 220 valence electrons. The van der Waals surface area contributed by atoms with Gasteiger partial charge in [-0.1, -0.05) is 19.6 Å². The van der Waals surface area contributed by atoms with Crippen LogP contribution in [0.5, 0.6) is 0 Å².